The average molecular weight is 362 g/mol. The number of nitrogens with zero attached hydrogens (tertiary/aromatic N) is 1. The van der Waals surface area contributed by atoms with Gasteiger partial charge in [0.2, 0.25) is 0 Å². The molecule has 0 saturated heterocycles. The predicted molar refractivity (Wildman–Crippen MR) is 99.4 cm³/mol. The zero-order valence-electron chi connectivity index (χ0n) is 15.0. The molecule has 2 amide bonds. The number of esters is 1. The van der Waals surface area contributed by atoms with E-state index in [2.05, 4.69) is 4.98 Å². The number of rotatable bonds is 4. The summed E-state index contributed by atoms with van der Waals surface area (Å²) in [4.78, 5) is 42.1. The highest BCUT2D eigenvalue weighted by atomic mass is 16.5. The van der Waals surface area contributed by atoms with E-state index in [4.69, 9.17) is 4.74 Å². The van der Waals surface area contributed by atoms with Gasteiger partial charge in [0.25, 0.3) is 11.8 Å². The van der Waals surface area contributed by atoms with Crippen LogP contribution in [-0.2, 0) is 9.53 Å². The number of benzene rings is 2. The Hall–Kier alpha value is -3.41. The first-order chi connectivity index (χ1) is 13.0. The van der Waals surface area contributed by atoms with Crippen molar-refractivity contribution in [2.45, 2.75) is 19.9 Å². The average Bonchev–Trinajstić information content (AvgIpc) is 3.20. The maximum absolute atomic E-state index is 13.3. The lowest BCUT2D eigenvalue weighted by molar-refractivity contribution is -0.142. The molecule has 6 heteroatoms. The quantitative estimate of drug-likeness (QED) is 0.570. The smallest absolute Gasteiger partial charge is 0.302 e. The van der Waals surface area contributed by atoms with Crippen LogP contribution in [0, 0.1) is 6.92 Å². The molecule has 27 heavy (non-hydrogen) atoms. The van der Waals surface area contributed by atoms with Crippen LogP contribution in [0.4, 0.5) is 0 Å². The third-order valence-electron chi connectivity index (χ3n) is 4.86. The molecule has 0 spiro atoms. The number of aromatic amines is 1. The SMILES string of the molecule is CC(=O)OC[C@@H](c1ccccc1)N1C(=O)c2c(C)cc3[nH]ccc3c2C1=O. The van der Waals surface area contributed by atoms with Crippen molar-refractivity contribution in [2.24, 2.45) is 0 Å². The molecule has 1 aliphatic heterocycles. The molecular formula is C21H18N2O4. The summed E-state index contributed by atoms with van der Waals surface area (Å²) in [6.45, 7) is 3.04. The lowest BCUT2D eigenvalue weighted by atomic mass is 10.00. The van der Waals surface area contributed by atoms with Crippen LogP contribution in [0.5, 0.6) is 0 Å². The van der Waals surface area contributed by atoms with E-state index in [1.165, 1.54) is 11.8 Å². The molecule has 136 valence electrons. The fraction of sp³-hybridized carbons (Fsp3) is 0.190. The second-order valence-electron chi connectivity index (χ2n) is 6.59. The fourth-order valence-electron chi connectivity index (χ4n) is 3.65. The molecule has 1 atom stereocenters. The van der Waals surface area contributed by atoms with Crippen molar-refractivity contribution in [2.75, 3.05) is 6.61 Å². The first-order valence-electron chi connectivity index (χ1n) is 8.66. The van der Waals surface area contributed by atoms with E-state index in [9.17, 15) is 14.4 Å². The summed E-state index contributed by atoms with van der Waals surface area (Å²) < 4.78 is 5.18. The largest absolute Gasteiger partial charge is 0.463 e. The van der Waals surface area contributed by atoms with Crippen LogP contribution in [0.2, 0.25) is 0 Å². The van der Waals surface area contributed by atoms with Gasteiger partial charge in [-0.2, -0.15) is 0 Å². The highest BCUT2D eigenvalue weighted by molar-refractivity contribution is 6.27. The normalized spacial score (nSPS) is 14.5. The van der Waals surface area contributed by atoms with Gasteiger partial charge < -0.3 is 9.72 Å². The second-order valence-corrected chi connectivity index (χ2v) is 6.59. The Labute approximate surface area is 155 Å². The van der Waals surface area contributed by atoms with E-state index in [1.54, 1.807) is 12.3 Å². The summed E-state index contributed by atoms with van der Waals surface area (Å²) >= 11 is 0. The monoisotopic (exact) mass is 362 g/mol. The van der Waals surface area contributed by atoms with E-state index < -0.39 is 12.0 Å². The number of carbonyl (C=O) groups excluding carboxylic acids is 3. The third kappa shape index (κ3) is 2.70. The zero-order valence-corrected chi connectivity index (χ0v) is 15.0. The molecule has 2 heterocycles. The summed E-state index contributed by atoms with van der Waals surface area (Å²) in [5, 5.41) is 0.718. The van der Waals surface area contributed by atoms with Crippen molar-refractivity contribution < 1.29 is 19.1 Å². The lowest BCUT2D eigenvalue weighted by Gasteiger charge is -2.26. The van der Waals surface area contributed by atoms with Gasteiger partial charge in [-0.25, -0.2) is 0 Å². The van der Waals surface area contributed by atoms with Gasteiger partial charge in [-0.05, 0) is 30.2 Å². The molecule has 0 radical (unpaired) electrons. The number of hydrogen-bond acceptors (Lipinski definition) is 4. The Bertz CT molecular complexity index is 1070. The Balaban J connectivity index is 1.84. The van der Waals surface area contributed by atoms with Gasteiger partial charge in [0.05, 0.1) is 17.2 Å². The first kappa shape index (κ1) is 17.0. The number of nitrogens with one attached hydrogen (secondary N) is 1. The van der Waals surface area contributed by atoms with Crippen molar-refractivity contribution in [3.63, 3.8) is 0 Å². The van der Waals surface area contributed by atoms with Crippen LogP contribution in [0.15, 0.2) is 48.7 Å². The predicted octanol–water partition coefficient (Wildman–Crippen LogP) is 3.38. The zero-order chi connectivity index (χ0) is 19.1. The molecule has 0 unspecified atom stereocenters. The summed E-state index contributed by atoms with van der Waals surface area (Å²) in [7, 11) is 0. The summed E-state index contributed by atoms with van der Waals surface area (Å²) in [5.41, 5.74) is 3.10. The van der Waals surface area contributed by atoms with Gasteiger partial charge in [0.1, 0.15) is 6.61 Å². The third-order valence-corrected chi connectivity index (χ3v) is 4.86. The lowest BCUT2D eigenvalue weighted by Crippen LogP contribution is -2.37. The number of aromatic nitrogens is 1. The summed E-state index contributed by atoms with van der Waals surface area (Å²) in [6.07, 6.45) is 1.75. The number of hydrogen-bond donors (Lipinski definition) is 1. The van der Waals surface area contributed by atoms with Crippen LogP contribution in [0.25, 0.3) is 10.9 Å². The number of amides is 2. The van der Waals surface area contributed by atoms with Crippen LogP contribution < -0.4 is 0 Å². The van der Waals surface area contributed by atoms with Gasteiger partial charge in [-0.1, -0.05) is 30.3 Å². The number of ether oxygens (including phenoxy) is 1. The highest BCUT2D eigenvalue weighted by Gasteiger charge is 2.43. The minimum Gasteiger partial charge on any atom is -0.463 e. The van der Waals surface area contributed by atoms with Gasteiger partial charge in [0.15, 0.2) is 0 Å². The standard InChI is InChI=1S/C21H18N2O4/c1-12-10-16-15(8-9-22-16)19-18(12)20(25)23(21(19)26)17(11-27-13(2)24)14-6-4-3-5-7-14/h3-10,17,22H,11H2,1-2H3/t17-/m0/s1. The van der Waals surface area contributed by atoms with E-state index in [1.807, 2.05) is 43.3 Å². The molecule has 1 N–H and O–H groups in total. The van der Waals surface area contributed by atoms with Crippen LogP contribution in [0.1, 0.15) is 44.8 Å². The second kappa shape index (κ2) is 6.39. The fourth-order valence-corrected chi connectivity index (χ4v) is 3.65. The minimum absolute atomic E-state index is 0.0832. The highest BCUT2D eigenvalue weighted by Crippen LogP contribution is 2.37. The van der Waals surface area contributed by atoms with Crippen molar-refractivity contribution in [1.82, 2.24) is 9.88 Å². The van der Waals surface area contributed by atoms with Gasteiger partial charge in [-0.3, -0.25) is 19.3 Å². The molecule has 0 aliphatic carbocycles. The van der Waals surface area contributed by atoms with Gasteiger partial charge in [0, 0.05) is 24.0 Å². The summed E-state index contributed by atoms with van der Waals surface area (Å²) in [6, 6.07) is 12.1. The van der Waals surface area contributed by atoms with Crippen LogP contribution in [-0.4, -0.2) is 34.3 Å². The van der Waals surface area contributed by atoms with E-state index in [0.717, 1.165) is 22.0 Å². The number of fused-ring (bicyclic) bond motifs is 3. The molecular weight excluding hydrogens is 344 g/mol. The minimum atomic E-state index is -0.684. The molecule has 1 aliphatic rings. The van der Waals surface area contributed by atoms with E-state index >= 15 is 0 Å². The Morgan fingerprint density at radius 2 is 1.81 bits per heavy atom. The molecule has 6 nitrogen and oxygen atoms in total. The maximum Gasteiger partial charge on any atom is 0.302 e. The molecule has 0 saturated carbocycles. The molecule has 0 bridgehead atoms. The first-order valence-corrected chi connectivity index (χ1v) is 8.66. The van der Waals surface area contributed by atoms with Crippen molar-refractivity contribution in [1.29, 1.82) is 0 Å². The number of H-pyrrole nitrogens is 1. The molecule has 4 rings (SSSR count). The van der Waals surface area contributed by atoms with Crippen LogP contribution >= 0.6 is 0 Å². The number of carbonyl (C=O) groups is 3. The van der Waals surface area contributed by atoms with E-state index in [-0.39, 0.29) is 18.4 Å². The van der Waals surface area contributed by atoms with Crippen molar-refractivity contribution in [3.8, 4) is 0 Å². The summed E-state index contributed by atoms with van der Waals surface area (Å²) in [5.74, 6) is -1.20. The number of imide groups is 1. The Kier molecular flexibility index (Phi) is 4.03. The molecule has 3 aromatic rings. The van der Waals surface area contributed by atoms with Gasteiger partial charge in [-0.15, -0.1) is 0 Å². The van der Waals surface area contributed by atoms with Gasteiger partial charge >= 0.3 is 5.97 Å². The van der Waals surface area contributed by atoms with Crippen LogP contribution in [0.3, 0.4) is 0 Å². The molecule has 1 aromatic heterocycles. The number of aryl methyl sites for hydroxylation is 1. The topological polar surface area (TPSA) is 79.5 Å². The Morgan fingerprint density at radius 1 is 1.11 bits per heavy atom. The maximum atomic E-state index is 13.3. The molecule has 0 fully saturated rings. The Morgan fingerprint density at radius 3 is 2.52 bits per heavy atom. The molecule has 2 aromatic carbocycles. The van der Waals surface area contributed by atoms with E-state index in [0.29, 0.717) is 11.1 Å². The van der Waals surface area contributed by atoms with Crippen molar-refractivity contribution >= 4 is 28.7 Å². The van der Waals surface area contributed by atoms with Crippen molar-refractivity contribution in [3.05, 3.63) is 70.9 Å².